The summed E-state index contributed by atoms with van der Waals surface area (Å²) in [5.41, 5.74) is -3.01. The Hall–Kier alpha value is -2.75. The van der Waals surface area contributed by atoms with E-state index in [4.69, 9.17) is 5.11 Å². The molecule has 0 saturated carbocycles. The van der Waals surface area contributed by atoms with Crippen LogP contribution < -0.4 is 5.32 Å². The Balaban J connectivity index is 2.70. The molecule has 0 amide bonds. The molecule has 1 heterocycles. The summed E-state index contributed by atoms with van der Waals surface area (Å²) in [4.78, 5) is 23.8. The number of halogens is 5. The number of nitrogens with one attached hydrogen (secondary N) is 1. The van der Waals surface area contributed by atoms with E-state index in [0.717, 1.165) is 19.5 Å². The van der Waals surface area contributed by atoms with E-state index in [1.165, 1.54) is 0 Å². The van der Waals surface area contributed by atoms with Crippen LogP contribution in [0.5, 0.6) is 0 Å². The Morgan fingerprint density at radius 3 is 2.35 bits per heavy atom. The summed E-state index contributed by atoms with van der Waals surface area (Å²) in [5, 5.41) is 11.5. The lowest BCUT2D eigenvalue weighted by Gasteiger charge is -2.25. The summed E-state index contributed by atoms with van der Waals surface area (Å²) in [6.07, 6.45) is -3.10. The number of ketones is 1. The molecular weight excluding hydrogens is 365 g/mol. The molecule has 1 aromatic rings. The first-order chi connectivity index (χ1) is 12.1. The minimum atomic E-state index is -5.20. The van der Waals surface area contributed by atoms with Crippen molar-refractivity contribution in [3.8, 4) is 0 Å². The van der Waals surface area contributed by atoms with Crippen LogP contribution in [0.3, 0.4) is 0 Å². The lowest BCUT2D eigenvalue weighted by Crippen LogP contribution is -2.27. The van der Waals surface area contributed by atoms with Gasteiger partial charge in [0.15, 0.2) is 17.4 Å². The number of aliphatic hydroxyl groups excluding tert-OH is 1. The zero-order chi connectivity index (χ0) is 19.6. The van der Waals surface area contributed by atoms with Crippen molar-refractivity contribution in [3.05, 3.63) is 58.4 Å². The van der Waals surface area contributed by atoms with Gasteiger partial charge in [-0.2, -0.15) is 13.2 Å². The summed E-state index contributed by atoms with van der Waals surface area (Å²) in [5.74, 6) is -7.31. The summed E-state index contributed by atoms with van der Waals surface area (Å²) < 4.78 is 70.8. The highest BCUT2D eigenvalue weighted by molar-refractivity contribution is 6.02. The van der Waals surface area contributed by atoms with Gasteiger partial charge in [-0.1, -0.05) is 0 Å². The number of carbonyl (C=O) groups is 2. The Morgan fingerprint density at radius 1 is 1.19 bits per heavy atom. The van der Waals surface area contributed by atoms with Gasteiger partial charge in [0.05, 0.1) is 18.2 Å². The van der Waals surface area contributed by atoms with E-state index in [0.29, 0.717) is 12.1 Å². The molecule has 10 heteroatoms. The van der Waals surface area contributed by atoms with Gasteiger partial charge >= 0.3 is 12.1 Å². The van der Waals surface area contributed by atoms with Crippen molar-refractivity contribution in [2.75, 3.05) is 13.7 Å². The van der Waals surface area contributed by atoms with Gasteiger partial charge in [0, 0.05) is 23.9 Å². The number of aliphatic hydroxyl groups is 1. The number of benzene rings is 1. The Labute approximate surface area is 143 Å². The Morgan fingerprint density at radius 2 is 1.81 bits per heavy atom. The lowest BCUT2D eigenvalue weighted by molar-refractivity contribution is -0.140. The lowest BCUT2D eigenvalue weighted by atomic mass is 9.81. The number of esters is 1. The van der Waals surface area contributed by atoms with Crippen LogP contribution in [0.4, 0.5) is 22.0 Å². The van der Waals surface area contributed by atoms with Gasteiger partial charge in [-0.15, -0.1) is 0 Å². The number of ether oxygens (including phenoxy) is 1. The molecule has 1 unspecified atom stereocenters. The van der Waals surface area contributed by atoms with Gasteiger partial charge in [-0.05, 0) is 17.7 Å². The van der Waals surface area contributed by atoms with Crippen molar-refractivity contribution in [3.63, 3.8) is 0 Å². The highest BCUT2D eigenvalue weighted by atomic mass is 19.4. The smallest absolute Gasteiger partial charge is 0.419 e. The molecule has 140 valence electrons. The van der Waals surface area contributed by atoms with E-state index >= 15 is 0 Å². The van der Waals surface area contributed by atoms with Crippen molar-refractivity contribution < 1.29 is 41.4 Å². The molecule has 0 aliphatic carbocycles. The van der Waals surface area contributed by atoms with Gasteiger partial charge < -0.3 is 15.2 Å². The predicted octanol–water partition coefficient (Wildman–Crippen LogP) is 2.17. The van der Waals surface area contributed by atoms with E-state index in [1.54, 1.807) is 0 Å². The predicted molar refractivity (Wildman–Crippen MR) is 77.5 cm³/mol. The zero-order valence-corrected chi connectivity index (χ0v) is 13.2. The second-order valence-corrected chi connectivity index (χ2v) is 5.23. The summed E-state index contributed by atoms with van der Waals surface area (Å²) in [6.45, 7) is -1.01. The van der Waals surface area contributed by atoms with E-state index in [2.05, 4.69) is 10.1 Å². The van der Waals surface area contributed by atoms with Crippen LogP contribution in [0, 0.1) is 11.6 Å². The average Bonchev–Trinajstić information content (AvgIpc) is 2.60. The third-order valence-electron chi connectivity index (χ3n) is 3.68. The van der Waals surface area contributed by atoms with E-state index in [-0.39, 0.29) is 11.1 Å². The SMILES string of the molecule is COC(=O)C1=CNC=C(C(=O)CO)C1c1cc(F)c(F)c(C(F)(F)F)c1. The largest absolute Gasteiger partial charge is 0.466 e. The minimum Gasteiger partial charge on any atom is -0.466 e. The first kappa shape index (κ1) is 19.6. The van der Waals surface area contributed by atoms with Crippen molar-refractivity contribution in [2.24, 2.45) is 0 Å². The van der Waals surface area contributed by atoms with E-state index < -0.39 is 53.2 Å². The van der Waals surface area contributed by atoms with E-state index in [9.17, 15) is 31.5 Å². The minimum absolute atomic E-state index is 0.309. The van der Waals surface area contributed by atoms with Crippen LogP contribution in [0.2, 0.25) is 0 Å². The number of carbonyl (C=O) groups excluding carboxylic acids is 2. The molecule has 0 aromatic heterocycles. The summed E-state index contributed by atoms with van der Waals surface area (Å²) in [6, 6.07) is 0.763. The third-order valence-corrected chi connectivity index (χ3v) is 3.68. The standard InChI is InChI=1S/C16H12F5NO4/c1-26-15(25)9-5-22-4-8(12(24)6-23)13(9)7-2-10(16(19,20)21)14(18)11(17)3-7/h2-5,13,22-23H,6H2,1H3. The van der Waals surface area contributed by atoms with Crippen molar-refractivity contribution in [1.82, 2.24) is 5.32 Å². The molecule has 26 heavy (non-hydrogen) atoms. The maximum atomic E-state index is 13.8. The fourth-order valence-electron chi connectivity index (χ4n) is 2.52. The molecule has 2 rings (SSSR count). The molecular formula is C16H12F5NO4. The van der Waals surface area contributed by atoms with Crippen molar-refractivity contribution in [1.29, 1.82) is 0 Å². The summed E-state index contributed by atoms with van der Waals surface area (Å²) in [7, 11) is 0.998. The number of methoxy groups -OCH3 is 1. The molecule has 5 nitrogen and oxygen atoms in total. The molecule has 2 N–H and O–H groups in total. The first-order valence-electron chi connectivity index (χ1n) is 7.06. The van der Waals surface area contributed by atoms with Crippen LogP contribution in [0.15, 0.2) is 35.7 Å². The quantitative estimate of drug-likeness (QED) is 0.622. The monoisotopic (exact) mass is 377 g/mol. The average molecular weight is 377 g/mol. The Bertz CT molecular complexity index is 782. The molecule has 0 radical (unpaired) electrons. The van der Waals surface area contributed by atoms with Crippen LogP contribution in [-0.4, -0.2) is 30.6 Å². The fourth-order valence-corrected chi connectivity index (χ4v) is 2.52. The van der Waals surface area contributed by atoms with Crippen LogP contribution in [0.25, 0.3) is 0 Å². The number of dihydropyridines is 1. The fraction of sp³-hybridized carbons (Fsp3) is 0.250. The third kappa shape index (κ3) is 3.59. The molecule has 0 fully saturated rings. The molecule has 0 spiro atoms. The normalized spacial score (nSPS) is 17.1. The van der Waals surface area contributed by atoms with Gasteiger partial charge in [0.25, 0.3) is 0 Å². The van der Waals surface area contributed by atoms with E-state index in [1.807, 2.05) is 0 Å². The number of hydrogen-bond acceptors (Lipinski definition) is 5. The second-order valence-electron chi connectivity index (χ2n) is 5.23. The Kier molecular flexibility index (Phi) is 5.45. The van der Waals surface area contributed by atoms with Gasteiger partial charge in [-0.25, -0.2) is 13.6 Å². The second kappa shape index (κ2) is 7.24. The highest BCUT2D eigenvalue weighted by Crippen LogP contribution is 2.39. The topological polar surface area (TPSA) is 75.6 Å². The maximum Gasteiger partial charge on any atom is 0.419 e. The van der Waals surface area contributed by atoms with Crippen molar-refractivity contribution in [2.45, 2.75) is 12.1 Å². The molecule has 1 atom stereocenters. The molecule has 1 aliphatic heterocycles. The molecule has 1 aromatic carbocycles. The molecule has 1 aliphatic rings. The highest BCUT2D eigenvalue weighted by Gasteiger charge is 2.39. The number of rotatable bonds is 4. The van der Waals surface area contributed by atoms with Gasteiger partial charge in [-0.3, -0.25) is 4.79 Å². The maximum absolute atomic E-state index is 13.8. The van der Waals surface area contributed by atoms with Crippen LogP contribution in [0.1, 0.15) is 17.0 Å². The van der Waals surface area contributed by atoms with Crippen LogP contribution in [-0.2, 0) is 20.5 Å². The number of alkyl halides is 3. The van der Waals surface area contributed by atoms with Crippen LogP contribution >= 0.6 is 0 Å². The molecule has 0 saturated heterocycles. The van der Waals surface area contributed by atoms with Gasteiger partial charge in [0.2, 0.25) is 0 Å². The number of Topliss-reactive ketones (excluding diaryl/α,β-unsaturated/α-hetero) is 1. The van der Waals surface area contributed by atoms with Crippen molar-refractivity contribution >= 4 is 11.8 Å². The number of hydrogen-bond donors (Lipinski definition) is 2. The zero-order valence-electron chi connectivity index (χ0n) is 13.2. The first-order valence-corrected chi connectivity index (χ1v) is 7.06. The summed E-state index contributed by atoms with van der Waals surface area (Å²) >= 11 is 0. The van der Waals surface area contributed by atoms with Gasteiger partial charge in [0.1, 0.15) is 6.61 Å². The molecule has 0 bridgehead atoms.